The molecule has 1 amide bonds. The van der Waals surface area contributed by atoms with Gasteiger partial charge in [0.05, 0.1) is 19.4 Å². The molecule has 4 rings (SSSR count). The van der Waals surface area contributed by atoms with Crippen LogP contribution >= 0.6 is 0 Å². The van der Waals surface area contributed by atoms with E-state index in [4.69, 9.17) is 18.7 Å². The van der Waals surface area contributed by atoms with Crippen molar-refractivity contribution >= 4 is 11.6 Å². The van der Waals surface area contributed by atoms with Crippen LogP contribution in [0, 0.1) is 0 Å². The van der Waals surface area contributed by atoms with Crippen molar-refractivity contribution in [3.8, 4) is 28.6 Å². The Kier molecular flexibility index (Phi) is 5.78. The van der Waals surface area contributed by atoms with E-state index in [0.29, 0.717) is 41.3 Å². The molecule has 0 radical (unpaired) electrons. The Labute approximate surface area is 187 Å². The topological polar surface area (TPSA) is 86.9 Å². The predicted molar refractivity (Wildman–Crippen MR) is 119 cm³/mol. The molecule has 1 aliphatic heterocycles. The Morgan fingerprint density at radius 1 is 1.12 bits per heavy atom. The van der Waals surface area contributed by atoms with E-state index in [0.717, 1.165) is 11.1 Å². The van der Waals surface area contributed by atoms with E-state index in [1.54, 1.807) is 18.1 Å². The third kappa shape index (κ3) is 4.26. The van der Waals surface area contributed by atoms with E-state index < -0.39 is 0 Å². The van der Waals surface area contributed by atoms with Gasteiger partial charge in [0.25, 0.3) is 5.91 Å². The molecule has 8 nitrogen and oxygen atoms in total. The van der Waals surface area contributed by atoms with Crippen LogP contribution in [0.25, 0.3) is 11.4 Å². The van der Waals surface area contributed by atoms with Crippen LogP contribution in [-0.4, -0.2) is 36.4 Å². The molecule has 0 saturated heterocycles. The molecule has 0 aliphatic carbocycles. The fraction of sp³-hybridized carbons (Fsp3) is 0.375. The highest BCUT2D eigenvalue weighted by atomic mass is 16.5. The van der Waals surface area contributed by atoms with Gasteiger partial charge in [-0.15, -0.1) is 0 Å². The highest BCUT2D eigenvalue weighted by Gasteiger charge is 2.29. The molecule has 1 aromatic heterocycles. The first-order chi connectivity index (χ1) is 15.3. The average molecular weight is 437 g/mol. The van der Waals surface area contributed by atoms with Gasteiger partial charge in [-0.2, -0.15) is 4.98 Å². The molecule has 0 fully saturated rings. The van der Waals surface area contributed by atoms with Gasteiger partial charge in [-0.05, 0) is 48.2 Å². The molecule has 0 atom stereocenters. The first-order valence-electron chi connectivity index (χ1n) is 10.5. The Bertz CT molecular complexity index is 1130. The molecular formula is C24H27N3O5. The summed E-state index contributed by atoms with van der Waals surface area (Å²) in [7, 11) is 1.58. The number of fused-ring (bicyclic) bond motifs is 1. The Balaban J connectivity index is 1.61. The molecule has 168 valence electrons. The highest BCUT2D eigenvalue weighted by molar-refractivity contribution is 5.97. The summed E-state index contributed by atoms with van der Waals surface area (Å²) in [5, 5.41) is 4.09. The fourth-order valence-corrected chi connectivity index (χ4v) is 3.50. The van der Waals surface area contributed by atoms with Crippen molar-refractivity contribution in [2.24, 2.45) is 0 Å². The van der Waals surface area contributed by atoms with Crippen LogP contribution < -0.4 is 19.1 Å². The van der Waals surface area contributed by atoms with Gasteiger partial charge in [-0.25, -0.2) is 0 Å². The van der Waals surface area contributed by atoms with E-state index in [1.165, 1.54) is 0 Å². The van der Waals surface area contributed by atoms with Gasteiger partial charge < -0.3 is 18.7 Å². The van der Waals surface area contributed by atoms with Crippen LogP contribution in [0.1, 0.15) is 39.1 Å². The van der Waals surface area contributed by atoms with E-state index in [9.17, 15) is 4.79 Å². The molecule has 0 bridgehead atoms. The summed E-state index contributed by atoms with van der Waals surface area (Å²) in [5.74, 6) is 2.47. The minimum Gasteiger partial charge on any atom is -0.493 e. The van der Waals surface area contributed by atoms with Gasteiger partial charge in [0, 0.05) is 5.56 Å². The number of methoxy groups -OCH3 is 1. The molecule has 1 aliphatic rings. The van der Waals surface area contributed by atoms with E-state index in [-0.39, 0.29) is 24.5 Å². The molecule has 2 aromatic carbocycles. The van der Waals surface area contributed by atoms with Gasteiger partial charge in [-0.3, -0.25) is 9.69 Å². The number of amides is 1. The van der Waals surface area contributed by atoms with Crippen molar-refractivity contribution in [3.05, 3.63) is 47.9 Å². The maximum atomic E-state index is 12.7. The van der Waals surface area contributed by atoms with Gasteiger partial charge in [0.1, 0.15) is 12.3 Å². The van der Waals surface area contributed by atoms with Crippen LogP contribution in [0.2, 0.25) is 0 Å². The van der Waals surface area contributed by atoms with Crippen molar-refractivity contribution in [1.82, 2.24) is 10.1 Å². The maximum Gasteiger partial charge on any atom is 0.265 e. The third-order valence-electron chi connectivity index (χ3n) is 5.25. The van der Waals surface area contributed by atoms with Crippen molar-refractivity contribution in [2.45, 2.75) is 39.7 Å². The van der Waals surface area contributed by atoms with Crippen LogP contribution in [-0.2, 0) is 16.8 Å². The average Bonchev–Trinajstić information content (AvgIpc) is 3.24. The van der Waals surface area contributed by atoms with Crippen LogP contribution in [0.3, 0.4) is 0 Å². The molecule has 0 N–H and O–H groups in total. The molecule has 0 unspecified atom stereocenters. The SMILES string of the molecule is CCOc1ccc(-c2noc(CN3C(=O)COc4ccc(C(C)(C)C)cc43)n2)cc1OC. The van der Waals surface area contributed by atoms with E-state index >= 15 is 0 Å². The lowest BCUT2D eigenvalue weighted by molar-refractivity contribution is -0.121. The second-order valence-electron chi connectivity index (χ2n) is 8.51. The van der Waals surface area contributed by atoms with Crippen LogP contribution in [0.15, 0.2) is 40.9 Å². The van der Waals surface area contributed by atoms with Crippen molar-refractivity contribution in [1.29, 1.82) is 0 Å². The summed E-state index contributed by atoms with van der Waals surface area (Å²) >= 11 is 0. The largest absolute Gasteiger partial charge is 0.493 e. The van der Waals surface area contributed by atoms with Crippen molar-refractivity contribution < 1.29 is 23.5 Å². The zero-order valence-corrected chi connectivity index (χ0v) is 19.0. The first-order valence-corrected chi connectivity index (χ1v) is 10.5. The van der Waals surface area contributed by atoms with Gasteiger partial charge in [0.2, 0.25) is 11.7 Å². The number of nitrogens with zero attached hydrogens (tertiary/aromatic N) is 3. The number of benzene rings is 2. The quantitative estimate of drug-likeness (QED) is 0.566. The standard InChI is InChI=1S/C24H27N3O5/c1-6-30-19-9-7-15(11-20(19)29-5)23-25-21(32-26-23)13-27-17-12-16(24(2,3)4)8-10-18(17)31-14-22(27)28/h7-12H,6,13-14H2,1-5H3. The van der Waals surface area contributed by atoms with Crippen molar-refractivity contribution in [2.75, 3.05) is 25.2 Å². The number of carbonyl (C=O) groups excluding carboxylic acids is 1. The summed E-state index contributed by atoms with van der Waals surface area (Å²) < 4.78 is 22.0. The lowest BCUT2D eigenvalue weighted by Crippen LogP contribution is -2.38. The third-order valence-corrected chi connectivity index (χ3v) is 5.25. The number of carbonyl (C=O) groups is 1. The predicted octanol–water partition coefficient (Wildman–Crippen LogP) is 4.37. The molecule has 2 heterocycles. The summed E-state index contributed by atoms with van der Waals surface area (Å²) in [4.78, 5) is 18.8. The van der Waals surface area contributed by atoms with E-state index in [2.05, 4.69) is 30.9 Å². The fourth-order valence-electron chi connectivity index (χ4n) is 3.50. The van der Waals surface area contributed by atoms with Crippen LogP contribution in [0.5, 0.6) is 17.2 Å². The number of rotatable bonds is 6. The zero-order chi connectivity index (χ0) is 22.9. The van der Waals surface area contributed by atoms with Gasteiger partial charge >= 0.3 is 0 Å². The summed E-state index contributed by atoms with van der Waals surface area (Å²) in [5.41, 5.74) is 2.47. The van der Waals surface area contributed by atoms with Gasteiger partial charge in [-0.1, -0.05) is 32.0 Å². The Hall–Kier alpha value is -3.55. The number of aromatic nitrogens is 2. The Morgan fingerprint density at radius 3 is 2.66 bits per heavy atom. The summed E-state index contributed by atoms with van der Waals surface area (Å²) in [6, 6.07) is 11.4. The van der Waals surface area contributed by atoms with Crippen molar-refractivity contribution in [3.63, 3.8) is 0 Å². The second-order valence-corrected chi connectivity index (χ2v) is 8.51. The summed E-state index contributed by atoms with van der Waals surface area (Å²) in [6.45, 7) is 8.95. The zero-order valence-electron chi connectivity index (χ0n) is 19.0. The molecule has 3 aromatic rings. The monoisotopic (exact) mass is 437 g/mol. The molecule has 8 heteroatoms. The van der Waals surface area contributed by atoms with Crippen LogP contribution in [0.4, 0.5) is 5.69 Å². The van der Waals surface area contributed by atoms with Gasteiger partial charge in [0.15, 0.2) is 18.1 Å². The smallest absolute Gasteiger partial charge is 0.265 e. The minimum atomic E-state index is -0.161. The maximum absolute atomic E-state index is 12.7. The minimum absolute atomic E-state index is 0.0288. The molecular weight excluding hydrogens is 410 g/mol. The molecule has 32 heavy (non-hydrogen) atoms. The summed E-state index contributed by atoms with van der Waals surface area (Å²) in [6.07, 6.45) is 0. The first kappa shape index (κ1) is 21.7. The van der Waals surface area contributed by atoms with E-state index in [1.807, 2.05) is 37.3 Å². The molecule has 0 spiro atoms. The second kappa shape index (κ2) is 8.53. The number of anilines is 1. The normalized spacial score (nSPS) is 13.5. The number of hydrogen-bond acceptors (Lipinski definition) is 7. The number of ether oxygens (including phenoxy) is 3. The lowest BCUT2D eigenvalue weighted by Gasteiger charge is -2.30. The number of hydrogen-bond donors (Lipinski definition) is 0. The molecule has 0 saturated carbocycles. The Morgan fingerprint density at radius 2 is 1.94 bits per heavy atom. The highest BCUT2D eigenvalue weighted by Crippen LogP contribution is 2.37. The lowest BCUT2D eigenvalue weighted by atomic mass is 9.86.